The predicted octanol–water partition coefficient (Wildman–Crippen LogP) is 1.63. The Morgan fingerprint density at radius 3 is 2.59 bits per heavy atom. The van der Waals surface area contributed by atoms with Crippen LogP contribution in [0.25, 0.3) is 0 Å². The fraction of sp³-hybridized carbons (Fsp3) is 0.300. The molecule has 92 valence electrons. The van der Waals surface area contributed by atoms with E-state index in [0.29, 0.717) is 5.06 Å². The number of hydroxylamine groups is 2. The highest BCUT2D eigenvalue weighted by Crippen LogP contribution is 2.32. The first-order valence-electron chi connectivity index (χ1n) is 4.70. The first-order valence-corrected chi connectivity index (χ1v) is 4.70. The highest BCUT2D eigenvalue weighted by molar-refractivity contribution is 5.98. The number of benzene rings is 1. The van der Waals surface area contributed by atoms with Gasteiger partial charge in [0.05, 0.1) is 0 Å². The van der Waals surface area contributed by atoms with Crippen molar-refractivity contribution in [2.45, 2.75) is 12.4 Å². The maximum atomic E-state index is 11.9. The van der Waals surface area contributed by atoms with E-state index >= 15 is 0 Å². The molecule has 0 radical (unpaired) electrons. The quantitative estimate of drug-likeness (QED) is 0.864. The zero-order valence-electron chi connectivity index (χ0n) is 8.44. The Balaban J connectivity index is 2.16. The maximum Gasteiger partial charge on any atom is 0.414 e. The van der Waals surface area contributed by atoms with E-state index in [1.54, 1.807) is 12.1 Å². The normalized spacial score (nSPS) is 19.6. The molecule has 7 heteroatoms. The molecule has 4 nitrogen and oxygen atoms in total. The summed E-state index contributed by atoms with van der Waals surface area (Å²) in [7, 11) is 0. The molecule has 1 amide bonds. The molecule has 1 heterocycles. The minimum atomic E-state index is -4.56. The van der Waals surface area contributed by atoms with Crippen LogP contribution in [0.15, 0.2) is 24.3 Å². The SMILES string of the molecule is O=C1c2ccccc2C(O)N1OCC(F)(F)F. The summed E-state index contributed by atoms with van der Waals surface area (Å²) < 4.78 is 35.8. The summed E-state index contributed by atoms with van der Waals surface area (Å²) >= 11 is 0. The summed E-state index contributed by atoms with van der Waals surface area (Å²) in [5, 5.41) is 9.95. The number of hydrogen-bond acceptors (Lipinski definition) is 3. The molecule has 1 aliphatic rings. The minimum absolute atomic E-state index is 0.141. The molecular weight excluding hydrogens is 239 g/mol. The van der Waals surface area contributed by atoms with Crippen LogP contribution in [0, 0.1) is 0 Å². The molecule has 0 aliphatic carbocycles. The van der Waals surface area contributed by atoms with Gasteiger partial charge in [0, 0.05) is 11.1 Å². The van der Waals surface area contributed by atoms with Crippen molar-refractivity contribution in [1.82, 2.24) is 5.06 Å². The summed E-state index contributed by atoms with van der Waals surface area (Å²) in [5.74, 6) is -0.780. The molecule has 1 aromatic rings. The molecule has 0 saturated carbocycles. The average Bonchev–Trinajstić information content (AvgIpc) is 2.49. The second-order valence-electron chi connectivity index (χ2n) is 3.48. The smallest absolute Gasteiger partial charge is 0.367 e. The fourth-order valence-corrected chi connectivity index (χ4v) is 1.54. The zero-order valence-corrected chi connectivity index (χ0v) is 8.44. The average molecular weight is 247 g/mol. The number of fused-ring (bicyclic) bond motifs is 1. The number of aliphatic hydroxyl groups is 1. The molecule has 0 fully saturated rings. The van der Waals surface area contributed by atoms with Crippen LogP contribution in [0.5, 0.6) is 0 Å². The first kappa shape index (κ1) is 11.9. The number of amides is 1. The lowest BCUT2D eigenvalue weighted by atomic mass is 10.1. The minimum Gasteiger partial charge on any atom is -0.367 e. The molecule has 1 aromatic carbocycles. The lowest BCUT2D eigenvalue weighted by Crippen LogP contribution is -2.32. The van der Waals surface area contributed by atoms with Crippen molar-refractivity contribution in [2.75, 3.05) is 6.61 Å². The molecule has 1 atom stereocenters. The van der Waals surface area contributed by atoms with Crippen molar-refractivity contribution in [2.24, 2.45) is 0 Å². The number of hydrogen-bond donors (Lipinski definition) is 1. The number of alkyl halides is 3. The molecular formula is C10H8F3NO3. The Kier molecular flexibility index (Phi) is 2.80. The largest absolute Gasteiger partial charge is 0.414 e. The molecule has 2 rings (SSSR count). The van der Waals surface area contributed by atoms with E-state index in [1.807, 2.05) is 0 Å². The van der Waals surface area contributed by atoms with Crippen LogP contribution >= 0.6 is 0 Å². The summed E-state index contributed by atoms with van der Waals surface area (Å²) in [6, 6.07) is 5.99. The van der Waals surface area contributed by atoms with E-state index in [-0.39, 0.29) is 11.1 Å². The fourth-order valence-electron chi connectivity index (χ4n) is 1.54. The van der Waals surface area contributed by atoms with Crippen molar-refractivity contribution in [3.63, 3.8) is 0 Å². The van der Waals surface area contributed by atoms with E-state index in [1.165, 1.54) is 12.1 Å². The maximum absolute atomic E-state index is 11.9. The van der Waals surface area contributed by atoms with Crippen LogP contribution in [0.2, 0.25) is 0 Å². The first-order chi connectivity index (χ1) is 7.90. The van der Waals surface area contributed by atoms with Gasteiger partial charge in [0.1, 0.15) is 0 Å². The standard InChI is InChI=1S/C10H8F3NO3/c11-10(12,13)5-17-14-8(15)6-3-1-2-4-7(6)9(14)16/h1-4,8,15H,5H2. The van der Waals surface area contributed by atoms with Crippen LogP contribution < -0.4 is 0 Å². The third kappa shape index (κ3) is 2.25. The summed E-state index contributed by atoms with van der Waals surface area (Å²) in [4.78, 5) is 15.9. The lowest BCUT2D eigenvalue weighted by Gasteiger charge is -2.20. The van der Waals surface area contributed by atoms with Gasteiger partial charge in [-0.1, -0.05) is 18.2 Å². The molecule has 0 spiro atoms. The van der Waals surface area contributed by atoms with Crippen molar-refractivity contribution >= 4 is 5.91 Å². The van der Waals surface area contributed by atoms with Crippen LogP contribution in [0.4, 0.5) is 13.2 Å². The van der Waals surface area contributed by atoms with E-state index in [4.69, 9.17) is 0 Å². The Hall–Kier alpha value is -1.60. The second kappa shape index (κ2) is 4.01. The van der Waals surface area contributed by atoms with Gasteiger partial charge in [-0.3, -0.25) is 9.63 Å². The van der Waals surface area contributed by atoms with Gasteiger partial charge >= 0.3 is 6.18 Å². The van der Waals surface area contributed by atoms with E-state index in [9.17, 15) is 23.1 Å². The number of aliphatic hydroxyl groups excluding tert-OH is 1. The Labute approximate surface area is 94.2 Å². The molecule has 1 aliphatic heterocycles. The second-order valence-corrected chi connectivity index (χ2v) is 3.48. The Bertz CT molecular complexity index is 447. The third-order valence-electron chi connectivity index (χ3n) is 2.26. The van der Waals surface area contributed by atoms with Gasteiger partial charge < -0.3 is 5.11 Å². The van der Waals surface area contributed by atoms with E-state index in [0.717, 1.165) is 0 Å². The van der Waals surface area contributed by atoms with Gasteiger partial charge in [-0.2, -0.15) is 18.2 Å². The van der Waals surface area contributed by atoms with Gasteiger partial charge in [-0.15, -0.1) is 0 Å². The molecule has 0 aromatic heterocycles. The van der Waals surface area contributed by atoms with Crippen LogP contribution in [0.1, 0.15) is 22.1 Å². The Morgan fingerprint density at radius 1 is 1.35 bits per heavy atom. The Morgan fingerprint density at radius 2 is 2.00 bits per heavy atom. The molecule has 1 unspecified atom stereocenters. The number of carbonyl (C=O) groups excluding carboxylic acids is 1. The predicted molar refractivity (Wildman–Crippen MR) is 49.6 cm³/mol. The third-order valence-corrected chi connectivity index (χ3v) is 2.26. The van der Waals surface area contributed by atoms with Gasteiger partial charge in [-0.25, -0.2) is 0 Å². The van der Waals surface area contributed by atoms with Crippen LogP contribution in [-0.4, -0.2) is 28.9 Å². The number of rotatable bonds is 2. The van der Waals surface area contributed by atoms with Gasteiger partial charge in [0.25, 0.3) is 5.91 Å². The van der Waals surface area contributed by atoms with E-state index in [2.05, 4.69) is 4.84 Å². The van der Waals surface area contributed by atoms with Crippen molar-refractivity contribution in [3.8, 4) is 0 Å². The van der Waals surface area contributed by atoms with Gasteiger partial charge in [0.15, 0.2) is 12.8 Å². The molecule has 1 N–H and O–H groups in total. The molecule has 0 bridgehead atoms. The topological polar surface area (TPSA) is 49.8 Å². The van der Waals surface area contributed by atoms with Gasteiger partial charge in [0.2, 0.25) is 0 Å². The summed E-state index contributed by atoms with van der Waals surface area (Å²) in [5.41, 5.74) is 0.377. The number of carbonyl (C=O) groups is 1. The van der Waals surface area contributed by atoms with Crippen LogP contribution in [-0.2, 0) is 4.84 Å². The van der Waals surface area contributed by atoms with Gasteiger partial charge in [-0.05, 0) is 6.07 Å². The highest BCUT2D eigenvalue weighted by Gasteiger charge is 2.39. The van der Waals surface area contributed by atoms with Crippen molar-refractivity contribution < 1.29 is 27.9 Å². The van der Waals surface area contributed by atoms with E-state index < -0.39 is 24.9 Å². The summed E-state index contributed by atoms with van der Waals surface area (Å²) in [6.07, 6.45) is -6.06. The van der Waals surface area contributed by atoms with Crippen molar-refractivity contribution in [1.29, 1.82) is 0 Å². The number of halogens is 3. The highest BCUT2D eigenvalue weighted by atomic mass is 19.4. The summed E-state index contributed by atoms with van der Waals surface area (Å²) in [6.45, 7) is -1.62. The van der Waals surface area contributed by atoms with Crippen molar-refractivity contribution in [3.05, 3.63) is 35.4 Å². The van der Waals surface area contributed by atoms with Crippen LogP contribution in [0.3, 0.4) is 0 Å². The zero-order chi connectivity index (χ0) is 12.6. The monoisotopic (exact) mass is 247 g/mol. The number of nitrogens with zero attached hydrogens (tertiary/aromatic N) is 1. The molecule has 0 saturated heterocycles. The lowest BCUT2D eigenvalue weighted by molar-refractivity contribution is -0.265. The molecule has 17 heavy (non-hydrogen) atoms.